The van der Waals surface area contributed by atoms with Crippen LogP contribution in [0.5, 0.6) is 0 Å². The van der Waals surface area contributed by atoms with Crippen molar-refractivity contribution in [2.24, 2.45) is 0 Å². The molecule has 0 unspecified atom stereocenters. The highest BCUT2D eigenvalue weighted by atomic mass is 19.1. The highest BCUT2D eigenvalue weighted by Gasteiger charge is 2.29. The Balaban J connectivity index is 1.66. The first kappa shape index (κ1) is 17.1. The molecule has 0 bridgehead atoms. The molecule has 5 rings (SSSR count). The van der Waals surface area contributed by atoms with Crippen LogP contribution in [0.1, 0.15) is 5.56 Å². The average Bonchev–Trinajstić information content (AvgIpc) is 3.18. The molecular weight excluding hydrogens is 357 g/mol. The molecule has 142 valence electrons. The van der Waals surface area contributed by atoms with Crippen LogP contribution in [0, 0.1) is 5.82 Å². The van der Waals surface area contributed by atoms with Crippen LogP contribution in [0.15, 0.2) is 48.8 Å². The Morgan fingerprint density at radius 1 is 0.964 bits per heavy atom. The normalized spacial score (nSPS) is 16.3. The fraction of sp³-hybridized carbons (Fsp3) is 0.286. The summed E-state index contributed by atoms with van der Waals surface area (Å²) in [6.07, 6.45) is 4.38. The highest BCUT2D eigenvalue weighted by molar-refractivity contribution is 5.77. The third-order valence-corrected chi connectivity index (χ3v) is 5.18. The minimum Gasteiger partial charge on any atom is -0.378 e. The molecule has 0 aliphatic carbocycles. The largest absolute Gasteiger partial charge is 0.378 e. The van der Waals surface area contributed by atoms with Crippen LogP contribution < -0.4 is 9.80 Å². The molecule has 7 heteroatoms. The molecule has 6 nitrogen and oxygen atoms in total. The Morgan fingerprint density at radius 3 is 2.57 bits per heavy atom. The van der Waals surface area contributed by atoms with Gasteiger partial charge in [0, 0.05) is 48.8 Å². The molecule has 28 heavy (non-hydrogen) atoms. The van der Waals surface area contributed by atoms with Gasteiger partial charge in [-0.25, -0.2) is 9.37 Å². The van der Waals surface area contributed by atoms with Crippen molar-refractivity contribution in [3.05, 3.63) is 60.2 Å². The smallest absolute Gasteiger partial charge is 0.228 e. The van der Waals surface area contributed by atoms with Gasteiger partial charge in [-0.05, 0) is 30.7 Å². The molecule has 3 aromatic rings. The van der Waals surface area contributed by atoms with Crippen molar-refractivity contribution in [3.63, 3.8) is 0 Å². The van der Waals surface area contributed by atoms with Crippen LogP contribution in [0.2, 0.25) is 0 Å². The summed E-state index contributed by atoms with van der Waals surface area (Å²) < 4.78 is 19.4. The zero-order valence-electron chi connectivity index (χ0n) is 15.4. The Kier molecular flexibility index (Phi) is 4.37. The summed E-state index contributed by atoms with van der Waals surface area (Å²) in [5.74, 6) is 1.30. The van der Waals surface area contributed by atoms with Gasteiger partial charge in [-0.2, -0.15) is 4.98 Å². The van der Waals surface area contributed by atoms with Gasteiger partial charge in [0.15, 0.2) is 0 Å². The monoisotopic (exact) mass is 377 g/mol. The van der Waals surface area contributed by atoms with E-state index in [4.69, 9.17) is 14.7 Å². The first-order chi connectivity index (χ1) is 13.8. The predicted molar refractivity (Wildman–Crippen MR) is 105 cm³/mol. The fourth-order valence-corrected chi connectivity index (χ4v) is 3.80. The fourth-order valence-electron chi connectivity index (χ4n) is 3.80. The summed E-state index contributed by atoms with van der Waals surface area (Å²) in [5.41, 5.74) is 3.69. The van der Waals surface area contributed by atoms with Gasteiger partial charge >= 0.3 is 0 Å². The van der Waals surface area contributed by atoms with E-state index >= 15 is 0 Å². The Morgan fingerprint density at radius 2 is 1.79 bits per heavy atom. The maximum atomic E-state index is 13.9. The first-order valence-corrected chi connectivity index (χ1v) is 9.47. The third kappa shape index (κ3) is 3.07. The van der Waals surface area contributed by atoms with Crippen molar-refractivity contribution in [2.45, 2.75) is 6.42 Å². The minimum atomic E-state index is -0.262. The second-order valence-electron chi connectivity index (χ2n) is 6.89. The molecule has 4 heterocycles. The van der Waals surface area contributed by atoms with E-state index in [1.807, 2.05) is 18.2 Å². The summed E-state index contributed by atoms with van der Waals surface area (Å²) in [6.45, 7) is 3.61. The van der Waals surface area contributed by atoms with E-state index in [2.05, 4.69) is 14.8 Å². The van der Waals surface area contributed by atoms with E-state index in [-0.39, 0.29) is 5.82 Å². The molecular formula is C21H20FN5O. The van der Waals surface area contributed by atoms with E-state index in [0.717, 1.165) is 54.4 Å². The maximum absolute atomic E-state index is 13.9. The van der Waals surface area contributed by atoms with Crippen molar-refractivity contribution >= 4 is 17.5 Å². The zero-order chi connectivity index (χ0) is 18.9. The van der Waals surface area contributed by atoms with Gasteiger partial charge in [0.2, 0.25) is 5.95 Å². The number of aromatic nitrogens is 3. The molecule has 2 aromatic heterocycles. The summed E-state index contributed by atoms with van der Waals surface area (Å²) in [5, 5.41) is 0. The summed E-state index contributed by atoms with van der Waals surface area (Å²) in [7, 11) is 0. The number of fused-ring (bicyclic) bond motifs is 1. The van der Waals surface area contributed by atoms with Crippen LogP contribution >= 0.6 is 0 Å². The molecule has 1 fully saturated rings. The van der Waals surface area contributed by atoms with Gasteiger partial charge in [-0.3, -0.25) is 4.98 Å². The predicted octanol–water partition coefficient (Wildman–Crippen LogP) is 3.21. The Hall–Kier alpha value is -3.06. The van der Waals surface area contributed by atoms with Crippen molar-refractivity contribution in [3.8, 4) is 11.3 Å². The number of rotatable bonds is 3. The summed E-state index contributed by atoms with van der Waals surface area (Å²) in [6, 6.07) is 10.6. The van der Waals surface area contributed by atoms with Crippen LogP contribution in [0.4, 0.5) is 21.8 Å². The number of pyridine rings is 1. The molecule has 0 N–H and O–H groups in total. The molecule has 0 amide bonds. The molecule has 0 atom stereocenters. The van der Waals surface area contributed by atoms with Crippen LogP contribution in [-0.2, 0) is 11.2 Å². The number of anilines is 3. The van der Waals surface area contributed by atoms with Crippen molar-refractivity contribution in [2.75, 3.05) is 42.6 Å². The number of ether oxygens (including phenoxy) is 1. The number of benzene rings is 1. The molecule has 2 aliphatic rings. The minimum absolute atomic E-state index is 0.262. The molecule has 1 aromatic carbocycles. The zero-order valence-corrected chi connectivity index (χ0v) is 15.4. The standard InChI is InChI=1S/C21H20FN5O/c22-16-3-1-2-15(14-16)19-18-6-9-27(17-4-7-23-8-5-17)20(18)25-21(24-19)26-10-12-28-13-11-26/h1-5,7-8,14H,6,9-13H2. The van der Waals surface area contributed by atoms with Gasteiger partial charge in [0.05, 0.1) is 18.9 Å². The number of nitrogens with zero attached hydrogens (tertiary/aromatic N) is 5. The number of morpholine rings is 1. The van der Waals surface area contributed by atoms with Gasteiger partial charge in [-0.15, -0.1) is 0 Å². The molecule has 0 spiro atoms. The second-order valence-corrected chi connectivity index (χ2v) is 6.89. The lowest BCUT2D eigenvalue weighted by molar-refractivity contribution is 0.122. The lowest BCUT2D eigenvalue weighted by Gasteiger charge is -2.28. The van der Waals surface area contributed by atoms with Crippen LogP contribution in [0.25, 0.3) is 11.3 Å². The highest BCUT2D eigenvalue weighted by Crippen LogP contribution is 2.39. The van der Waals surface area contributed by atoms with Crippen molar-refractivity contribution < 1.29 is 9.13 Å². The van der Waals surface area contributed by atoms with Crippen LogP contribution in [0.3, 0.4) is 0 Å². The quantitative estimate of drug-likeness (QED) is 0.699. The number of hydrogen-bond acceptors (Lipinski definition) is 6. The third-order valence-electron chi connectivity index (χ3n) is 5.18. The molecule has 0 saturated carbocycles. The Labute approximate surface area is 162 Å². The molecule has 2 aliphatic heterocycles. The van der Waals surface area contributed by atoms with Gasteiger partial charge in [0.1, 0.15) is 11.6 Å². The van der Waals surface area contributed by atoms with E-state index in [1.165, 1.54) is 6.07 Å². The maximum Gasteiger partial charge on any atom is 0.228 e. The van der Waals surface area contributed by atoms with E-state index < -0.39 is 0 Å². The average molecular weight is 377 g/mol. The lowest BCUT2D eigenvalue weighted by Crippen LogP contribution is -2.37. The number of halogens is 1. The van der Waals surface area contributed by atoms with E-state index in [1.54, 1.807) is 24.5 Å². The van der Waals surface area contributed by atoms with Gasteiger partial charge in [0.25, 0.3) is 0 Å². The van der Waals surface area contributed by atoms with Crippen molar-refractivity contribution in [1.29, 1.82) is 0 Å². The summed E-state index contributed by atoms with van der Waals surface area (Å²) in [4.78, 5) is 18.2. The topological polar surface area (TPSA) is 54.4 Å². The molecule has 0 radical (unpaired) electrons. The van der Waals surface area contributed by atoms with Gasteiger partial charge in [-0.1, -0.05) is 12.1 Å². The number of hydrogen-bond donors (Lipinski definition) is 0. The van der Waals surface area contributed by atoms with Gasteiger partial charge < -0.3 is 14.5 Å². The SMILES string of the molecule is Fc1cccc(-c2nc(N3CCOCC3)nc3c2CCN3c2ccncc2)c1. The Bertz CT molecular complexity index is 991. The van der Waals surface area contributed by atoms with Crippen LogP contribution in [-0.4, -0.2) is 47.8 Å². The van der Waals surface area contributed by atoms with E-state index in [0.29, 0.717) is 19.2 Å². The van der Waals surface area contributed by atoms with Crippen molar-refractivity contribution in [1.82, 2.24) is 15.0 Å². The first-order valence-electron chi connectivity index (χ1n) is 9.47. The van der Waals surface area contributed by atoms with E-state index in [9.17, 15) is 4.39 Å². The molecule has 1 saturated heterocycles. The lowest BCUT2D eigenvalue weighted by atomic mass is 10.1. The summed E-state index contributed by atoms with van der Waals surface area (Å²) >= 11 is 0. The second kappa shape index (κ2) is 7.16.